The van der Waals surface area contributed by atoms with Crippen molar-refractivity contribution in [1.29, 1.82) is 0 Å². The molecule has 1 aliphatic carbocycles. The summed E-state index contributed by atoms with van der Waals surface area (Å²) in [5.74, 6) is 0.196. The number of hydrogen-bond acceptors (Lipinski definition) is 4. The van der Waals surface area contributed by atoms with E-state index in [9.17, 15) is 14.3 Å². The Hall–Kier alpha value is -3.41. The van der Waals surface area contributed by atoms with Gasteiger partial charge in [0.2, 0.25) is 5.88 Å². The summed E-state index contributed by atoms with van der Waals surface area (Å²) in [5.41, 5.74) is 2.69. The average Bonchev–Trinajstić information content (AvgIpc) is 3.58. The number of aromatic nitrogens is 1. The number of phenolic OH excluding ortho intramolecular Hbond substituents is 1. The van der Waals surface area contributed by atoms with Crippen LogP contribution >= 0.6 is 0 Å². The van der Waals surface area contributed by atoms with Gasteiger partial charge in [-0.3, -0.25) is 4.79 Å². The predicted molar refractivity (Wildman–Crippen MR) is 112 cm³/mol. The third kappa shape index (κ3) is 4.59. The number of phenols is 1. The summed E-state index contributed by atoms with van der Waals surface area (Å²) < 4.78 is 19.6. The zero-order valence-electron chi connectivity index (χ0n) is 16.7. The summed E-state index contributed by atoms with van der Waals surface area (Å²) in [7, 11) is 0. The van der Waals surface area contributed by atoms with E-state index < -0.39 is 0 Å². The Balaban J connectivity index is 1.58. The number of ether oxygens (including phenoxy) is 1. The molecule has 0 saturated heterocycles. The quantitative estimate of drug-likeness (QED) is 0.601. The van der Waals surface area contributed by atoms with Gasteiger partial charge < -0.3 is 15.2 Å². The maximum atomic E-state index is 13.8. The van der Waals surface area contributed by atoms with Gasteiger partial charge in [-0.15, -0.1) is 0 Å². The predicted octanol–water partition coefficient (Wildman–Crippen LogP) is 4.62. The molecule has 0 spiro atoms. The molecule has 0 aliphatic heterocycles. The number of amides is 1. The topological polar surface area (TPSA) is 71.5 Å². The van der Waals surface area contributed by atoms with Crippen LogP contribution in [0.3, 0.4) is 0 Å². The number of pyridine rings is 1. The molecule has 30 heavy (non-hydrogen) atoms. The van der Waals surface area contributed by atoms with Gasteiger partial charge in [0, 0.05) is 23.9 Å². The van der Waals surface area contributed by atoms with Gasteiger partial charge in [0.15, 0.2) is 0 Å². The molecule has 0 radical (unpaired) electrons. The van der Waals surface area contributed by atoms with E-state index in [1.807, 2.05) is 0 Å². The van der Waals surface area contributed by atoms with Crippen LogP contribution in [0.4, 0.5) is 4.39 Å². The fourth-order valence-corrected chi connectivity index (χ4v) is 3.10. The highest BCUT2D eigenvalue weighted by Gasteiger charge is 2.24. The van der Waals surface area contributed by atoms with Gasteiger partial charge in [-0.2, -0.15) is 0 Å². The molecule has 2 N–H and O–H groups in total. The lowest BCUT2D eigenvalue weighted by atomic mass is 10.0. The average molecular weight is 406 g/mol. The third-order valence-electron chi connectivity index (χ3n) is 5.15. The van der Waals surface area contributed by atoms with Gasteiger partial charge in [-0.1, -0.05) is 30.3 Å². The van der Waals surface area contributed by atoms with Crippen LogP contribution in [0.1, 0.15) is 34.3 Å². The van der Waals surface area contributed by atoms with Crippen LogP contribution in [-0.2, 0) is 6.54 Å². The van der Waals surface area contributed by atoms with Crippen molar-refractivity contribution in [3.05, 3.63) is 77.2 Å². The molecule has 1 heterocycles. The number of aryl methyl sites for hydroxylation is 1. The zero-order valence-corrected chi connectivity index (χ0v) is 16.7. The van der Waals surface area contributed by atoms with E-state index in [1.165, 1.54) is 6.07 Å². The van der Waals surface area contributed by atoms with Gasteiger partial charge >= 0.3 is 0 Å². The molecule has 1 amide bonds. The van der Waals surface area contributed by atoms with E-state index in [0.717, 1.165) is 12.8 Å². The molecule has 0 bridgehead atoms. The Bertz CT molecular complexity index is 1080. The van der Waals surface area contributed by atoms with Crippen molar-refractivity contribution in [3.8, 4) is 22.8 Å². The number of rotatable bonds is 7. The standard InChI is InChI=1S/C24H23FN2O3/c1-15-6-7-17(10-21(15)25)12-26-23(29)20-11-18(19-4-2-3-5-22(19)28)13-27-24(20)30-14-16-8-9-16/h2-7,10-11,13,16,28H,8-9,12,14H2,1H3,(H,26,29). The van der Waals surface area contributed by atoms with Crippen LogP contribution < -0.4 is 10.1 Å². The highest BCUT2D eigenvalue weighted by atomic mass is 19.1. The fraction of sp³-hybridized carbons (Fsp3) is 0.250. The molecule has 2 aromatic carbocycles. The maximum Gasteiger partial charge on any atom is 0.257 e. The number of nitrogens with one attached hydrogen (secondary N) is 1. The molecule has 0 atom stereocenters. The Morgan fingerprint density at radius 3 is 2.77 bits per heavy atom. The second-order valence-electron chi connectivity index (χ2n) is 7.61. The van der Waals surface area contributed by atoms with Gasteiger partial charge in [0.05, 0.1) is 6.61 Å². The summed E-state index contributed by atoms with van der Waals surface area (Å²) >= 11 is 0. The first-order valence-corrected chi connectivity index (χ1v) is 9.95. The second kappa shape index (κ2) is 8.53. The van der Waals surface area contributed by atoms with E-state index >= 15 is 0 Å². The number of hydrogen-bond donors (Lipinski definition) is 2. The smallest absolute Gasteiger partial charge is 0.257 e. The minimum atomic E-state index is -0.369. The fourth-order valence-electron chi connectivity index (χ4n) is 3.10. The summed E-state index contributed by atoms with van der Waals surface area (Å²) in [4.78, 5) is 17.3. The molecular formula is C24H23FN2O3. The third-order valence-corrected chi connectivity index (χ3v) is 5.15. The van der Waals surface area contributed by atoms with Crippen molar-refractivity contribution < 1.29 is 19.0 Å². The number of aromatic hydroxyl groups is 1. The molecule has 4 rings (SSSR count). The van der Waals surface area contributed by atoms with E-state index in [2.05, 4.69) is 10.3 Å². The molecule has 1 aromatic heterocycles. The number of halogens is 1. The van der Waals surface area contributed by atoms with Crippen molar-refractivity contribution in [1.82, 2.24) is 10.3 Å². The molecule has 0 unspecified atom stereocenters. The lowest BCUT2D eigenvalue weighted by molar-refractivity contribution is 0.0945. The lowest BCUT2D eigenvalue weighted by Gasteiger charge is -2.13. The van der Waals surface area contributed by atoms with Crippen LogP contribution in [0, 0.1) is 18.7 Å². The summed E-state index contributed by atoms with van der Waals surface area (Å²) in [6, 6.07) is 13.4. The Kier molecular flexibility index (Phi) is 5.65. The lowest BCUT2D eigenvalue weighted by Crippen LogP contribution is -2.24. The summed E-state index contributed by atoms with van der Waals surface area (Å²) in [6.45, 7) is 2.39. The highest BCUT2D eigenvalue weighted by molar-refractivity contribution is 5.97. The van der Waals surface area contributed by atoms with Crippen molar-refractivity contribution >= 4 is 5.91 Å². The van der Waals surface area contributed by atoms with Crippen molar-refractivity contribution in [2.24, 2.45) is 5.92 Å². The molecule has 3 aromatic rings. The van der Waals surface area contributed by atoms with Gasteiger partial charge in [0.25, 0.3) is 5.91 Å². The number of benzene rings is 2. The van der Waals surface area contributed by atoms with E-state index in [-0.39, 0.29) is 35.5 Å². The summed E-state index contributed by atoms with van der Waals surface area (Å²) in [5, 5.41) is 13.0. The molecule has 5 nitrogen and oxygen atoms in total. The van der Waals surface area contributed by atoms with Gasteiger partial charge in [-0.25, -0.2) is 9.37 Å². The molecule has 154 valence electrons. The highest BCUT2D eigenvalue weighted by Crippen LogP contribution is 2.33. The van der Waals surface area contributed by atoms with E-state index in [4.69, 9.17) is 4.74 Å². The van der Waals surface area contributed by atoms with Crippen molar-refractivity contribution in [3.63, 3.8) is 0 Å². The van der Waals surface area contributed by atoms with Gasteiger partial charge in [-0.05, 0) is 55.0 Å². The van der Waals surface area contributed by atoms with Crippen molar-refractivity contribution in [2.75, 3.05) is 6.61 Å². The molecule has 1 fully saturated rings. The minimum Gasteiger partial charge on any atom is -0.507 e. The first-order valence-electron chi connectivity index (χ1n) is 9.95. The van der Waals surface area contributed by atoms with Crippen LogP contribution in [0.25, 0.3) is 11.1 Å². The first-order chi connectivity index (χ1) is 14.5. The van der Waals surface area contributed by atoms with Crippen LogP contribution in [0.15, 0.2) is 54.7 Å². The number of nitrogens with zero attached hydrogens (tertiary/aromatic N) is 1. The first kappa shape index (κ1) is 19.9. The largest absolute Gasteiger partial charge is 0.507 e. The van der Waals surface area contributed by atoms with Crippen molar-refractivity contribution in [2.45, 2.75) is 26.3 Å². The Morgan fingerprint density at radius 1 is 1.23 bits per heavy atom. The summed E-state index contributed by atoms with van der Waals surface area (Å²) in [6.07, 6.45) is 3.83. The number of carbonyl (C=O) groups is 1. The maximum absolute atomic E-state index is 13.8. The number of para-hydroxylation sites is 1. The molecule has 1 aliphatic rings. The SMILES string of the molecule is Cc1ccc(CNC(=O)c2cc(-c3ccccc3O)cnc2OCC2CC2)cc1F. The monoisotopic (exact) mass is 406 g/mol. The van der Waals surface area contributed by atoms with Crippen LogP contribution in [0.2, 0.25) is 0 Å². The molecular weight excluding hydrogens is 383 g/mol. The van der Waals surface area contributed by atoms with E-state index in [0.29, 0.717) is 34.8 Å². The Morgan fingerprint density at radius 2 is 2.03 bits per heavy atom. The molecule has 6 heteroatoms. The Labute approximate surface area is 174 Å². The minimum absolute atomic E-state index is 0.104. The zero-order chi connectivity index (χ0) is 21.1. The molecule has 1 saturated carbocycles. The van der Waals surface area contributed by atoms with E-state index in [1.54, 1.807) is 55.6 Å². The number of carbonyl (C=O) groups excluding carboxylic acids is 1. The van der Waals surface area contributed by atoms with Crippen LogP contribution in [-0.4, -0.2) is 22.6 Å². The normalized spacial score (nSPS) is 13.1. The van der Waals surface area contributed by atoms with Crippen LogP contribution in [0.5, 0.6) is 11.6 Å². The second-order valence-corrected chi connectivity index (χ2v) is 7.61. The van der Waals surface area contributed by atoms with Gasteiger partial charge in [0.1, 0.15) is 17.1 Å².